The van der Waals surface area contributed by atoms with Crippen LogP contribution in [0.25, 0.3) is 22.2 Å². The smallest absolute Gasteiger partial charge is 0.321 e. The number of aliphatic hydroxyl groups is 1. The maximum atomic E-state index is 14.7. The molecule has 1 fully saturated rings. The van der Waals surface area contributed by atoms with Crippen LogP contribution in [0.4, 0.5) is 4.79 Å². The number of pyridine rings is 2. The Labute approximate surface area is 369 Å². The molecule has 6 aromatic rings. The van der Waals surface area contributed by atoms with E-state index in [1.807, 2.05) is 149 Å². The molecule has 4 atom stereocenters. The first kappa shape index (κ1) is 44.4. The van der Waals surface area contributed by atoms with Crippen LogP contribution in [0.15, 0.2) is 134 Å². The van der Waals surface area contributed by atoms with E-state index >= 15 is 0 Å². The summed E-state index contributed by atoms with van der Waals surface area (Å²) in [5.74, 6) is -0.257. The molecule has 0 bridgehead atoms. The molecule has 3 heterocycles. The minimum Gasteiger partial charge on any atom is -0.483 e. The number of hydrogen-bond acceptors (Lipinski definition) is 8. The van der Waals surface area contributed by atoms with Crippen LogP contribution in [0.1, 0.15) is 48.1 Å². The van der Waals surface area contributed by atoms with Crippen LogP contribution in [0.5, 0.6) is 5.75 Å². The number of rotatable bonds is 19. The molecule has 12 nitrogen and oxygen atoms in total. The highest BCUT2D eigenvalue weighted by atomic mass is 16.5. The highest BCUT2D eigenvalue weighted by Gasteiger charge is 2.41. The number of para-hydroxylation sites is 2. The summed E-state index contributed by atoms with van der Waals surface area (Å²) in [6.07, 6.45) is 3.33. The summed E-state index contributed by atoms with van der Waals surface area (Å²) in [5.41, 5.74) is 10.3. The topological polar surface area (TPSA) is 140 Å². The largest absolute Gasteiger partial charge is 0.483 e. The molecule has 1 saturated heterocycles. The first-order valence-corrected chi connectivity index (χ1v) is 21.7. The van der Waals surface area contributed by atoms with Crippen LogP contribution < -0.4 is 15.5 Å². The molecule has 0 radical (unpaired) electrons. The predicted molar refractivity (Wildman–Crippen MR) is 245 cm³/mol. The molecule has 2 unspecified atom stereocenters. The van der Waals surface area contributed by atoms with Gasteiger partial charge in [-0.25, -0.2) is 9.80 Å². The van der Waals surface area contributed by atoms with E-state index in [-0.39, 0.29) is 37.6 Å². The molecular formula is C51H57N7O5. The number of aromatic nitrogens is 2. The van der Waals surface area contributed by atoms with Crippen molar-refractivity contribution < 1.29 is 24.2 Å². The molecule has 1 aliphatic rings. The Kier molecular flexibility index (Phi) is 14.8. The van der Waals surface area contributed by atoms with Crippen LogP contribution in [-0.4, -0.2) is 92.2 Å². The Morgan fingerprint density at radius 1 is 0.825 bits per heavy atom. The highest BCUT2D eigenvalue weighted by molar-refractivity contribution is 5.89. The van der Waals surface area contributed by atoms with E-state index in [0.29, 0.717) is 38.2 Å². The van der Waals surface area contributed by atoms with Crippen molar-refractivity contribution in [3.63, 3.8) is 0 Å². The average molecular weight is 848 g/mol. The van der Waals surface area contributed by atoms with Crippen LogP contribution in [0, 0.1) is 19.8 Å². The molecule has 326 valence electrons. The van der Waals surface area contributed by atoms with Crippen molar-refractivity contribution in [3.05, 3.63) is 162 Å². The second kappa shape index (κ2) is 21.0. The van der Waals surface area contributed by atoms with Gasteiger partial charge in [0.15, 0.2) is 6.61 Å². The lowest BCUT2D eigenvalue weighted by atomic mass is 9.95. The minimum atomic E-state index is -1.15. The number of nitrogens with zero attached hydrogens (tertiary/aromatic N) is 5. The van der Waals surface area contributed by atoms with E-state index in [9.17, 15) is 19.5 Å². The van der Waals surface area contributed by atoms with E-state index in [0.717, 1.165) is 50.0 Å². The third kappa shape index (κ3) is 11.3. The lowest BCUT2D eigenvalue weighted by Gasteiger charge is -2.35. The summed E-state index contributed by atoms with van der Waals surface area (Å²) in [7, 11) is 0. The van der Waals surface area contributed by atoms with Gasteiger partial charge in [-0.15, -0.1) is 0 Å². The number of fused-ring (bicyclic) bond motifs is 1. The first-order valence-electron chi connectivity index (χ1n) is 21.7. The number of ether oxygens (including phenoxy) is 1. The fraction of sp³-hybridized carbons (Fsp3) is 0.314. The maximum absolute atomic E-state index is 14.7. The normalized spacial score (nSPS) is 14.7. The number of urea groups is 1. The Balaban J connectivity index is 1.10. The van der Waals surface area contributed by atoms with Gasteiger partial charge in [0.25, 0.3) is 5.91 Å². The fourth-order valence-electron chi connectivity index (χ4n) is 8.27. The van der Waals surface area contributed by atoms with Crippen LogP contribution in [-0.2, 0) is 29.1 Å². The quantitative estimate of drug-likeness (QED) is 0.0724. The Morgan fingerprint density at radius 2 is 1.56 bits per heavy atom. The molecule has 2 aromatic heterocycles. The highest BCUT2D eigenvalue weighted by Crippen LogP contribution is 2.26. The number of hydrazine groups is 1. The molecule has 12 heteroatoms. The fourth-order valence-corrected chi connectivity index (χ4v) is 8.27. The van der Waals surface area contributed by atoms with E-state index in [1.54, 1.807) is 27.2 Å². The summed E-state index contributed by atoms with van der Waals surface area (Å²) >= 11 is 0. The molecule has 7 rings (SSSR count). The van der Waals surface area contributed by atoms with Crippen molar-refractivity contribution in [1.82, 2.24) is 35.5 Å². The van der Waals surface area contributed by atoms with Crippen LogP contribution in [0.3, 0.4) is 0 Å². The molecular weight excluding hydrogens is 791 g/mol. The van der Waals surface area contributed by atoms with Crippen LogP contribution in [0.2, 0.25) is 0 Å². The van der Waals surface area contributed by atoms with Crippen molar-refractivity contribution in [2.75, 3.05) is 26.2 Å². The maximum Gasteiger partial charge on any atom is 0.321 e. The van der Waals surface area contributed by atoms with Gasteiger partial charge in [-0.1, -0.05) is 117 Å². The summed E-state index contributed by atoms with van der Waals surface area (Å²) < 4.78 is 6.00. The van der Waals surface area contributed by atoms with E-state index in [2.05, 4.69) is 20.7 Å². The molecule has 3 N–H and O–H groups in total. The van der Waals surface area contributed by atoms with Gasteiger partial charge < -0.3 is 25.0 Å². The molecule has 4 amide bonds. The lowest BCUT2D eigenvalue weighted by molar-refractivity contribution is -0.131. The van der Waals surface area contributed by atoms with Crippen molar-refractivity contribution in [2.24, 2.45) is 5.92 Å². The zero-order valence-corrected chi connectivity index (χ0v) is 36.5. The third-order valence-electron chi connectivity index (χ3n) is 11.8. The zero-order valence-electron chi connectivity index (χ0n) is 36.5. The Morgan fingerprint density at radius 3 is 2.29 bits per heavy atom. The van der Waals surface area contributed by atoms with Gasteiger partial charge in [-0.3, -0.25) is 25.0 Å². The van der Waals surface area contributed by atoms with Crippen molar-refractivity contribution in [3.8, 4) is 17.0 Å². The van der Waals surface area contributed by atoms with Crippen LogP contribution >= 0.6 is 0 Å². The second-order valence-electron chi connectivity index (χ2n) is 16.4. The number of aliphatic hydroxyl groups excluding tert-OH is 1. The molecule has 0 aliphatic carbocycles. The number of carbonyl (C=O) groups is 3. The number of hydrogen-bond donors (Lipinski definition) is 3. The van der Waals surface area contributed by atoms with Gasteiger partial charge in [-0.2, -0.15) is 0 Å². The summed E-state index contributed by atoms with van der Waals surface area (Å²) in [4.78, 5) is 54.8. The second-order valence-corrected chi connectivity index (χ2v) is 16.4. The minimum absolute atomic E-state index is 0.0286. The van der Waals surface area contributed by atoms with Gasteiger partial charge >= 0.3 is 6.03 Å². The van der Waals surface area contributed by atoms with Gasteiger partial charge in [0, 0.05) is 56.1 Å². The Bertz CT molecular complexity index is 2440. The van der Waals surface area contributed by atoms with E-state index in [4.69, 9.17) is 4.74 Å². The Hall–Kier alpha value is -6.63. The van der Waals surface area contributed by atoms with E-state index < -0.39 is 24.1 Å². The number of aryl methyl sites for hydroxylation is 2. The van der Waals surface area contributed by atoms with E-state index in [1.165, 1.54) is 0 Å². The lowest BCUT2D eigenvalue weighted by Crippen LogP contribution is -2.58. The van der Waals surface area contributed by atoms with Crippen molar-refractivity contribution in [2.45, 2.75) is 71.8 Å². The first-order chi connectivity index (χ1) is 30.6. The monoisotopic (exact) mass is 847 g/mol. The molecule has 1 aliphatic heterocycles. The van der Waals surface area contributed by atoms with Crippen molar-refractivity contribution >= 4 is 28.7 Å². The molecule has 63 heavy (non-hydrogen) atoms. The molecule has 0 saturated carbocycles. The number of benzene rings is 4. The summed E-state index contributed by atoms with van der Waals surface area (Å²) in [6.45, 7) is 9.10. The number of nitrogens with one attached hydrogen (secondary N) is 2. The SMILES string of the molecule is CCC(C)C(C(=O)N[C@@H](Cc1ccccc1)[C@@H](O)CN(Cc1ccc(-c2ccccn2)cc1)NC(=O)COc1c(C)cccc1C)N1CCN(Cc2ccnc3ccccc23)C1=O. The predicted octanol–water partition coefficient (Wildman–Crippen LogP) is 7.27. The van der Waals surface area contributed by atoms with Gasteiger partial charge in [0.05, 0.1) is 23.4 Å². The van der Waals surface area contributed by atoms with Gasteiger partial charge in [-0.05, 0) is 78.3 Å². The van der Waals surface area contributed by atoms with Gasteiger partial charge in [0.1, 0.15) is 11.8 Å². The zero-order chi connectivity index (χ0) is 44.3. The molecule has 0 spiro atoms. The molecule has 4 aromatic carbocycles. The standard InChI is InChI=1S/C51H57N7O5/c1-5-35(2)48(58-29-28-56(51(58)62)32-41-25-27-53-44-20-10-9-18-42(41)44)50(61)54-45(30-38-16-7-6-8-17-38)46(59)33-57(55-47(60)34-63-49-36(3)14-13-15-37(49)4)31-39-21-23-40(24-22-39)43-19-11-12-26-52-43/h6-27,35,45-46,48,59H,5,28-34H2,1-4H3,(H,54,61)(H,55,60)/t35?,45-,46-,48?/m0/s1. The number of amides is 4. The van der Waals surface area contributed by atoms with Crippen molar-refractivity contribution in [1.29, 1.82) is 0 Å². The third-order valence-corrected chi connectivity index (χ3v) is 11.8. The number of carbonyl (C=O) groups excluding carboxylic acids is 3. The summed E-state index contributed by atoms with van der Waals surface area (Å²) in [5, 5.41) is 18.0. The van der Waals surface area contributed by atoms with Gasteiger partial charge in [0.2, 0.25) is 5.91 Å². The average Bonchev–Trinajstić information content (AvgIpc) is 3.64. The summed E-state index contributed by atoms with van der Waals surface area (Å²) in [6, 6.07) is 37.2.